The zero-order valence-corrected chi connectivity index (χ0v) is 14.9. The Morgan fingerprint density at radius 2 is 1.88 bits per heavy atom. The average Bonchev–Trinajstić information content (AvgIpc) is 2.62. The third-order valence-electron chi connectivity index (χ3n) is 4.05. The van der Waals surface area contributed by atoms with Crippen molar-refractivity contribution >= 4 is 17.2 Å². The van der Waals surface area contributed by atoms with E-state index in [4.69, 9.17) is 21.0 Å². The predicted molar refractivity (Wildman–Crippen MR) is 103 cm³/mol. The van der Waals surface area contributed by atoms with Crippen LogP contribution in [0.15, 0.2) is 36.4 Å². The van der Waals surface area contributed by atoms with Gasteiger partial charge in [0.25, 0.3) is 0 Å². The van der Waals surface area contributed by atoms with Crippen molar-refractivity contribution in [2.24, 2.45) is 5.73 Å². The van der Waals surface area contributed by atoms with Crippen LogP contribution < -0.4 is 15.8 Å². The molecule has 0 unspecified atom stereocenters. The summed E-state index contributed by atoms with van der Waals surface area (Å²) in [5.74, 6) is 0.878. The summed E-state index contributed by atoms with van der Waals surface area (Å²) in [4.78, 5) is 0. The molecule has 0 heterocycles. The van der Waals surface area contributed by atoms with Crippen LogP contribution in [0.5, 0.6) is 5.75 Å². The lowest BCUT2D eigenvalue weighted by atomic mass is 9.99. The molecule has 2 rings (SSSR count). The van der Waals surface area contributed by atoms with Crippen LogP contribution in [0, 0.1) is 5.41 Å². The normalized spacial score (nSPS) is 10.5. The van der Waals surface area contributed by atoms with E-state index in [1.807, 2.05) is 30.3 Å². The maximum atomic E-state index is 9.06. The van der Waals surface area contributed by atoms with Crippen molar-refractivity contribution in [1.82, 2.24) is 0 Å². The molecule has 0 aliphatic rings. The van der Waals surface area contributed by atoms with Crippen molar-refractivity contribution in [3.05, 3.63) is 53.1 Å². The van der Waals surface area contributed by atoms with E-state index in [1.165, 1.54) is 5.56 Å². The number of amidine groups is 1. The van der Waals surface area contributed by atoms with Crippen molar-refractivity contribution in [3.8, 4) is 5.75 Å². The molecule has 5 heteroatoms. The lowest BCUT2D eigenvalue weighted by molar-refractivity contribution is 0.200. The van der Waals surface area contributed by atoms with E-state index in [0.29, 0.717) is 5.56 Å². The lowest BCUT2D eigenvalue weighted by Gasteiger charge is -2.20. The molecule has 0 radical (unpaired) electrons. The van der Waals surface area contributed by atoms with Crippen LogP contribution in [0.25, 0.3) is 0 Å². The quantitative estimate of drug-likeness (QED) is 0.414. The number of rotatable bonds is 9. The second kappa shape index (κ2) is 9.08. The highest BCUT2D eigenvalue weighted by Gasteiger charge is 2.14. The smallest absolute Gasteiger partial charge is 0.124 e. The zero-order chi connectivity index (χ0) is 18.2. The molecule has 0 bridgehead atoms. The second-order valence-corrected chi connectivity index (χ2v) is 5.87. The first-order chi connectivity index (χ1) is 12.1. The van der Waals surface area contributed by atoms with Gasteiger partial charge in [-0.1, -0.05) is 26.3 Å². The minimum absolute atomic E-state index is 0.00361. The number of nitrogens with one attached hydrogen (secondary N) is 2. The Bertz CT molecular complexity index is 712. The highest BCUT2D eigenvalue weighted by Crippen LogP contribution is 2.34. The van der Waals surface area contributed by atoms with Crippen molar-refractivity contribution in [2.75, 3.05) is 18.5 Å². The van der Waals surface area contributed by atoms with Gasteiger partial charge in [-0.25, -0.2) is 0 Å². The van der Waals surface area contributed by atoms with E-state index >= 15 is 0 Å². The summed E-state index contributed by atoms with van der Waals surface area (Å²) in [5.41, 5.74) is 10.6. The highest BCUT2D eigenvalue weighted by molar-refractivity contribution is 5.95. The maximum absolute atomic E-state index is 9.06. The summed E-state index contributed by atoms with van der Waals surface area (Å²) in [6.07, 6.45) is 2.80. The lowest BCUT2D eigenvalue weighted by Crippen LogP contribution is -2.11. The van der Waals surface area contributed by atoms with E-state index in [1.54, 1.807) is 0 Å². The minimum Gasteiger partial charge on any atom is -0.491 e. The molecule has 25 heavy (non-hydrogen) atoms. The molecule has 0 spiro atoms. The number of aliphatic hydroxyl groups excluding tert-OH is 1. The Morgan fingerprint density at radius 3 is 2.44 bits per heavy atom. The molecule has 2 aromatic carbocycles. The number of hydrogen-bond acceptors (Lipinski definition) is 4. The topological polar surface area (TPSA) is 91.4 Å². The number of nitrogen functional groups attached to an aromatic ring is 1. The SMILES string of the molecule is CCCc1c(OCCO)ccc(CC)c1Nc1ccc(C(=N)N)cc1. The fourth-order valence-electron chi connectivity index (χ4n) is 2.79. The molecule has 0 saturated carbocycles. The summed E-state index contributed by atoms with van der Waals surface area (Å²) in [6, 6.07) is 11.6. The van der Waals surface area contributed by atoms with Gasteiger partial charge in [0.05, 0.1) is 6.61 Å². The van der Waals surface area contributed by atoms with Gasteiger partial charge in [-0.15, -0.1) is 0 Å². The third-order valence-corrected chi connectivity index (χ3v) is 4.05. The standard InChI is InChI=1S/C20H27N3O2/c1-3-5-17-18(25-13-12-24)11-8-14(4-2)19(17)23-16-9-6-15(7-10-16)20(21)22/h6-11,23-24H,3-5,12-13H2,1-2H3,(H3,21,22). The maximum Gasteiger partial charge on any atom is 0.124 e. The van der Waals surface area contributed by atoms with Crippen molar-refractivity contribution < 1.29 is 9.84 Å². The zero-order valence-electron chi connectivity index (χ0n) is 14.9. The van der Waals surface area contributed by atoms with Crippen molar-refractivity contribution in [1.29, 1.82) is 5.41 Å². The van der Waals surface area contributed by atoms with Crippen LogP contribution >= 0.6 is 0 Å². The summed E-state index contributed by atoms with van der Waals surface area (Å²) in [7, 11) is 0. The number of benzene rings is 2. The van der Waals surface area contributed by atoms with Gasteiger partial charge in [0.15, 0.2) is 0 Å². The molecular weight excluding hydrogens is 314 g/mol. The van der Waals surface area contributed by atoms with Gasteiger partial charge < -0.3 is 20.9 Å². The third kappa shape index (κ3) is 4.73. The fraction of sp³-hybridized carbons (Fsp3) is 0.350. The number of ether oxygens (including phenoxy) is 1. The Labute approximate surface area is 149 Å². The monoisotopic (exact) mass is 341 g/mol. The van der Waals surface area contributed by atoms with Crippen LogP contribution in [-0.2, 0) is 12.8 Å². The fourth-order valence-corrected chi connectivity index (χ4v) is 2.79. The molecule has 134 valence electrons. The van der Waals surface area contributed by atoms with Crippen LogP contribution in [0.1, 0.15) is 37.0 Å². The number of nitrogens with two attached hydrogens (primary N) is 1. The number of anilines is 2. The van der Waals surface area contributed by atoms with Gasteiger partial charge in [-0.3, -0.25) is 5.41 Å². The van der Waals surface area contributed by atoms with E-state index in [2.05, 4.69) is 25.2 Å². The minimum atomic E-state index is -0.00361. The Morgan fingerprint density at radius 1 is 1.16 bits per heavy atom. The number of hydrogen-bond donors (Lipinski definition) is 4. The molecule has 5 N–H and O–H groups in total. The van der Waals surface area contributed by atoms with Gasteiger partial charge in [0, 0.05) is 22.5 Å². The first-order valence-corrected chi connectivity index (χ1v) is 8.70. The molecule has 0 aliphatic heterocycles. The second-order valence-electron chi connectivity index (χ2n) is 5.87. The van der Waals surface area contributed by atoms with Crippen LogP contribution in [0.2, 0.25) is 0 Å². The van der Waals surface area contributed by atoms with Gasteiger partial charge in [0.2, 0.25) is 0 Å². The Balaban J connectivity index is 2.40. The molecule has 0 aromatic heterocycles. The van der Waals surface area contributed by atoms with Gasteiger partial charge in [-0.05, 0) is 48.7 Å². The highest BCUT2D eigenvalue weighted by atomic mass is 16.5. The van der Waals surface area contributed by atoms with E-state index < -0.39 is 0 Å². The molecule has 0 atom stereocenters. The van der Waals surface area contributed by atoms with Gasteiger partial charge in [0.1, 0.15) is 18.2 Å². The summed E-state index contributed by atoms with van der Waals surface area (Å²) in [5, 5.41) is 20.1. The van der Waals surface area contributed by atoms with E-state index in [-0.39, 0.29) is 19.0 Å². The number of aliphatic hydroxyl groups is 1. The first-order valence-electron chi connectivity index (χ1n) is 8.70. The number of aryl methyl sites for hydroxylation is 1. The van der Waals surface area contributed by atoms with Crippen LogP contribution in [0.4, 0.5) is 11.4 Å². The van der Waals surface area contributed by atoms with Gasteiger partial charge in [-0.2, -0.15) is 0 Å². The largest absolute Gasteiger partial charge is 0.491 e. The van der Waals surface area contributed by atoms with E-state index in [9.17, 15) is 0 Å². The van der Waals surface area contributed by atoms with Crippen LogP contribution in [0.3, 0.4) is 0 Å². The molecular formula is C20H27N3O2. The molecule has 0 saturated heterocycles. The average molecular weight is 341 g/mol. The first kappa shape index (κ1) is 18.8. The van der Waals surface area contributed by atoms with E-state index in [0.717, 1.165) is 42.0 Å². The summed E-state index contributed by atoms with van der Waals surface area (Å²) in [6.45, 7) is 4.55. The van der Waals surface area contributed by atoms with Crippen LogP contribution in [-0.4, -0.2) is 24.2 Å². The summed E-state index contributed by atoms with van der Waals surface area (Å²) >= 11 is 0. The Hall–Kier alpha value is -2.53. The molecule has 5 nitrogen and oxygen atoms in total. The predicted octanol–water partition coefficient (Wildman–Crippen LogP) is 3.60. The molecule has 0 amide bonds. The molecule has 2 aromatic rings. The molecule has 0 aliphatic carbocycles. The van der Waals surface area contributed by atoms with Crippen molar-refractivity contribution in [3.63, 3.8) is 0 Å². The van der Waals surface area contributed by atoms with Gasteiger partial charge >= 0.3 is 0 Å². The van der Waals surface area contributed by atoms with Crippen molar-refractivity contribution in [2.45, 2.75) is 33.1 Å². The summed E-state index contributed by atoms with van der Waals surface area (Å²) < 4.78 is 5.73. The Kier molecular flexibility index (Phi) is 6.83. The molecule has 0 fully saturated rings.